The molecule has 0 unspecified atom stereocenters. The average Bonchev–Trinajstić information content (AvgIpc) is 2.33. The lowest BCUT2D eigenvalue weighted by Gasteiger charge is -2.07. The van der Waals surface area contributed by atoms with Gasteiger partial charge in [0.1, 0.15) is 23.3 Å². The highest BCUT2D eigenvalue weighted by molar-refractivity contribution is 6.09. The molecule has 19 heavy (non-hydrogen) atoms. The summed E-state index contributed by atoms with van der Waals surface area (Å²) in [5.74, 6) is -5.18. The first-order chi connectivity index (χ1) is 8.90. The minimum atomic E-state index is -1.10. The second kappa shape index (κ2) is 4.84. The van der Waals surface area contributed by atoms with Crippen LogP contribution < -0.4 is 0 Å². The van der Waals surface area contributed by atoms with Crippen molar-refractivity contribution in [3.8, 4) is 0 Å². The molecule has 0 spiro atoms. The fourth-order valence-electron chi connectivity index (χ4n) is 1.69. The van der Waals surface area contributed by atoms with Gasteiger partial charge in [-0.3, -0.25) is 4.79 Å². The first kappa shape index (κ1) is 13.3. The molecular weight excluding hydrogens is 260 g/mol. The van der Waals surface area contributed by atoms with E-state index in [1.165, 1.54) is 13.0 Å². The van der Waals surface area contributed by atoms with Crippen LogP contribution in [0, 0.1) is 30.2 Å². The summed E-state index contributed by atoms with van der Waals surface area (Å²) in [4.78, 5) is 11.9. The molecule has 2 aromatic rings. The van der Waals surface area contributed by atoms with Gasteiger partial charge in [-0.2, -0.15) is 0 Å². The van der Waals surface area contributed by atoms with Crippen LogP contribution in [0.5, 0.6) is 0 Å². The van der Waals surface area contributed by atoms with Crippen molar-refractivity contribution in [1.29, 1.82) is 0 Å². The van der Waals surface area contributed by atoms with Gasteiger partial charge in [0.05, 0.1) is 5.56 Å². The number of hydrogen-bond acceptors (Lipinski definition) is 1. The molecule has 98 valence electrons. The van der Waals surface area contributed by atoms with Crippen LogP contribution in [0.3, 0.4) is 0 Å². The predicted octanol–water partition coefficient (Wildman–Crippen LogP) is 3.78. The number of halogens is 4. The van der Waals surface area contributed by atoms with Gasteiger partial charge in [0.15, 0.2) is 5.78 Å². The second-order valence-corrected chi connectivity index (χ2v) is 4.04. The molecule has 0 atom stereocenters. The standard InChI is InChI=1S/C14H8F4O/c1-7-2-3-11(17)12(13(7)18)14(19)8-4-9(15)6-10(16)5-8/h2-6H,1H3. The minimum Gasteiger partial charge on any atom is -0.288 e. The summed E-state index contributed by atoms with van der Waals surface area (Å²) in [6.07, 6.45) is 0. The molecule has 0 heterocycles. The Kier molecular flexibility index (Phi) is 3.38. The zero-order valence-electron chi connectivity index (χ0n) is 9.81. The van der Waals surface area contributed by atoms with Crippen molar-refractivity contribution in [2.24, 2.45) is 0 Å². The van der Waals surface area contributed by atoms with E-state index in [1.807, 2.05) is 0 Å². The normalized spacial score (nSPS) is 10.6. The van der Waals surface area contributed by atoms with E-state index in [2.05, 4.69) is 0 Å². The van der Waals surface area contributed by atoms with Crippen LogP contribution in [0.2, 0.25) is 0 Å². The Labute approximate surface area is 106 Å². The summed E-state index contributed by atoms with van der Waals surface area (Å²) in [5, 5.41) is 0. The third kappa shape index (κ3) is 2.50. The Morgan fingerprint density at radius 3 is 2.11 bits per heavy atom. The highest BCUT2D eigenvalue weighted by atomic mass is 19.1. The number of carbonyl (C=O) groups excluding carboxylic acids is 1. The summed E-state index contributed by atoms with van der Waals surface area (Å²) in [7, 11) is 0. The average molecular weight is 268 g/mol. The molecule has 0 aromatic heterocycles. The molecule has 0 saturated carbocycles. The number of carbonyl (C=O) groups is 1. The van der Waals surface area contributed by atoms with Crippen LogP contribution in [-0.2, 0) is 0 Å². The third-order valence-corrected chi connectivity index (χ3v) is 2.64. The Morgan fingerprint density at radius 2 is 1.53 bits per heavy atom. The van der Waals surface area contributed by atoms with Crippen LogP contribution in [0.4, 0.5) is 17.6 Å². The van der Waals surface area contributed by atoms with Gasteiger partial charge in [0.2, 0.25) is 0 Å². The summed E-state index contributed by atoms with van der Waals surface area (Å²) in [5.41, 5.74) is -1.19. The topological polar surface area (TPSA) is 17.1 Å². The van der Waals surface area contributed by atoms with Crippen LogP contribution in [-0.4, -0.2) is 5.78 Å². The van der Waals surface area contributed by atoms with Gasteiger partial charge < -0.3 is 0 Å². The Morgan fingerprint density at radius 1 is 0.947 bits per heavy atom. The van der Waals surface area contributed by atoms with E-state index < -0.39 is 40.2 Å². The lowest BCUT2D eigenvalue weighted by molar-refractivity contribution is 0.103. The van der Waals surface area contributed by atoms with Gasteiger partial charge in [0.25, 0.3) is 0 Å². The molecule has 0 aliphatic carbocycles. The molecule has 5 heteroatoms. The third-order valence-electron chi connectivity index (χ3n) is 2.64. The fourth-order valence-corrected chi connectivity index (χ4v) is 1.69. The number of aryl methyl sites for hydroxylation is 1. The SMILES string of the molecule is Cc1ccc(F)c(C(=O)c2cc(F)cc(F)c2)c1F. The maximum atomic E-state index is 13.8. The van der Waals surface area contributed by atoms with Crippen LogP contribution in [0.1, 0.15) is 21.5 Å². The Hall–Kier alpha value is -2.17. The van der Waals surface area contributed by atoms with E-state index in [0.717, 1.165) is 18.2 Å². The predicted molar refractivity (Wildman–Crippen MR) is 60.9 cm³/mol. The van der Waals surface area contributed by atoms with Crippen molar-refractivity contribution in [3.63, 3.8) is 0 Å². The maximum absolute atomic E-state index is 13.8. The van der Waals surface area contributed by atoms with Gasteiger partial charge in [-0.15, -0.1) is 0 Å². The first-order valence-corrected chi connectivity index (χ1v) is 5.35. The van der Waals surface area contributed by atoms with Crippen LogP contribution in [0.25, 0.3) is 0 Å². The van der Waals surface area contributed by atoms with Gasteiger partial charge >= 0.3 is 0 Å². The quantitative estimate of drug-likeness (QED) is 0.598. The zero-order valence-corrected chi connectivity index (χ0v) is 9.81. The number of hydrogen-bond donors (Lipinski definition) is 0. The van der Waals surface area contributed by atoms with Gasteiger partial charge in [-0.1, -0.05) is 6.07 Å². The number of rotatable bonds is 2. The van der Waals surface area contributed by atoms with Crippen molar-refractivity contribution >= 4 is 5.78 Å². The van der Waals surface area contributed by atoms with Crippen molar-refractivity contribution in [2.75, 3.05) is 0 Å². The van der Waals surface area contributed by atoms with E-state index in [0.29, 0.717) is 6.07 Å². The van der Waals surface area contributed by atoms with E-state index in [4.69, 9.17) is 0 Å². The highest BCUT2D eigenvalue weighted by Gasteiger charge is 2.21. The summed E-state index contributed by atoms with van der Waals surface area (Å²) in [6, 6.07) is 4.13. The first-order valence-electron chi connectivity index (χ1n) is 5.35. The van der Waals surface area contributed by atoms with Crippen molar-refractivity contribution in [3.05, 3.63) is 70.3 Å². The van der Waals surface area contributed by atoms with E-state index >= 15 is 0 Å². The molecule has 2 rings (SSSR count). The Balaban J connectivity index is 2.59. The van der Waals surface area contributed by atoms with Crippen molar-refractivity contribution < 1.29 is 22.4 Å². The van der Waals surface area contributed by atoms with Crippen molar-refractivity contribution in [1.82, 2.24) is 0 Å². The molecule has 1 nitrogen and oxygen atoms in total. The smallest absolute Gasteiger partial charge is 0.199 e. The highest BCUT2D eigenvalue weighted by Crippen LogP contribution is 2.21. The second-order valence-electron chi connectivity index (χ2n) is 4.04. The van der Waals surface area contributed by atoms with Gasteiger partial charge in [-0.05, 0) is 30.7 Å². The molecule has 0 bridgehead atoms. The van der Waals surface area contributed by atoms with E-state index in [1.54, 1.807) is 0 Å². The Bertz CT molecular complexity index is 644. The summed E-state index contributed by atoms with van der Waals surface area (Å²) in [6.45, 7) is 1.36. The summed E-state index contributed by atoms with van der Waals surface area (Å²) < 4.78 is 53.3. The maximum Gasteiger partial charge on any atom is 0.199 e. The van der Waals surface area contributed by atoms with Crippen LogP contribution >= 0.6 is 0 Å². The van der Waals surface area contributed by atoms with Crippen LogP contribution in [0.15, 0.2) is 30.3 Å². The van der Waals surface area contributed by atoms with Crippen molar-refractivity contribution in [2.45, 2.75) is 6.92 Å². The molecule has 0 saturated heterocycles. The summed E-state index contributed by atoms with van der Waals surface area (Å²) >= 11 is 0. The molecule has 0 aliphatic rings. The van der Waals surface area contributed by atoms with E-state index in [9.17, 15) is 22.4 Å². The molecular formula is C14H8F4O. The number of ketones is 1. The molecule has 0 fully saturated rings. The fraction of sp³-hybridized carbons (Fsp3) is 0.0714. The minimum absolute atomic E-state index is 0.0709. The molecule has 0 radical (unpaired) electrons. The van der Waals surface area contributed by atoms with Gasteiger partial charge in [0, 0.05) is 11.6 Å². The molecule has 0 N–H and O–H groups in total. The lowest BCUT2D eigenvalue weighted by atomic mass is 10.00. The molecule has 0 amide bonds. The monoisotopic (exact) mass is 268 g/mol. The molecule has 2 aromatic carbocycles. The zero-order chi connectivity index (χ0) is 14.2. The lowest BCUT2D eigenvalue weighted by Crippen LogP contribution is -2.09. The van der Waals surface area contributed by atoms with Gasteiger partial charge in [-0.25, -0.2) is 17.6 Å². The number of benzene rings is 2. The van der Waals surface area contributed by atoms with E-state index in [-0.39, 0.29) is 5.56 Å². The largest absolute Gasteiger partial charge is 0.288 e. The molecule has 0 aliphatic heterocycles.